The Morgan fingerprint density at radius 1 is 1.33 bits per heavy atom. The number of rotatable bonds is 9. The molecule has 0 fully saturated rings. The minimum absolute atomic E-state index is 0.293. The van der Waals surface area contributed by atoms with Crippen LogP contribution in [-0.4, -0.2) is 35.9 Å². The fourth-order valence-electron chi connectivity index (χ4n) is 1.49. The Labute approximate surface area is 124 Å². The second kappa shape index (κ2) is 8.93. The molecule has 5 N–H and O–H groups in total. The van der Waals surface area contributed by atoms with Crippen LogP contribution in [-0.2, 0) is 11.2 Å². The molecule has 116 valence electrons. The minimum Gasteiger partial charge on any atom is -0.480 e. The van der Waals surface area contributed by atoms with Gasteiger partial charge in [0, 0.05) is 12.3 Å². The van der Waals surface area contributed by atoms with E-state index in [0.717, 1.165) is 11.3 Å². The van der Waals surface area contributed by atoms with Gasteiger partial charge in [0.2, 0.25) is 0 Å². The summed E-state index contributed by atoms with van der Waals surface area (Å²) in [5.74, 6) is -0.354. The van der Waals surface area contributed by atoms with E-state index in [1.807, 2.05) is 13.8 Å². The molecule has 1 rings (SSSR count). The van der Waals surface area contributed by atoms with Gasteiger partial charge in [0.05, 0.1) is 6.54 Å². The first-order chi connectivity index (χ1) is 9.99. The first-order valence-corrected chi connectivity index (χ1v) is 6.70. The lowest BCUT2D eigenvalue weighted by Crippen LogP contribution is -2.32. The molecule has 0 amide bonds. The molecule has 7 nitrogen and oxygen atoms in total. The van der Waals surface area contributed by atoms with Crippen LogP contribution in [0.5, 0.6) is 5.75 Å². The van der Waals surface area contributed by atoms with E-state index in [0.29, 0.717) is 25.3 Å². The quantitative estimate of drug-likeness (QED) is 0.300. The fraction of sp³-hybridized carbons (Fsp3) is 0.429. The number of hydrogen-bond donors (Lipinski definition) is 4. The Morgan fingerprint density at radius 3 is 2.57 bits per heavy atom. The molecule has 0 bridgehead atoms. The summed E-state index contributed by atoms with van der Waals surface area (Å²) in [7, 11) is 0. The van der Waals surface area contributed by atoms with Crippen molar-refractivity contribution in [1.82, 2.24) is 10.9 Å². The van der Waals surface area contributed by atoms with E-state index in [2.05, 4.69) is 16.0 Å². The topological polar surface area (TPSA) is 109 Å². The molecule has 21 heavy (non-hydrogen) atoms. The van der Waals surface area contributed by atoms with E-state index < -0.39 is 12.0 Å². The fourth-order valence-corrected chi connectivity index (χ4v) is 1.49. The van der Waals surface area contributed by atoms with Crippen molar-refractivity contribution in [1.29, 1.82) is 0 Å². The molecule has 0 heterocycles. The van der Waals surface area contributed by atoms with Crippen LogP contribution in [0.15, 0.2) is 29.4 Å². The van der Waals surface area contributed by atoms with E-state index in [4.69, 9.17) is 15.7 Å². The molecule has 0 aliphatic rings. The molecule has 0 spiro atoms. The van der Waals surface area contributed by atoms with Gasteiger partial charge in [0.15, 0.2) is 0 Å². The van der Waals surface area contributed by atoms with Crippen molar-refractivity contribution >= 4 is 11.7 Å². The third kappa shape index (κ3) is 7.28. The second-order valence-corrected chi connectivity index (χ2v) is 4.76. The van der Waals surface area contributed by atoms with E-state index in [1.165, 1.54) is 0 Å². The first-order valence-electron chi connectivity index (χ1n) is 6.70. The van der Waals surface area contributed by atoms with Crippen LogP contribution < -0.4 is 21.5 Å². The van der Waals surface area contributed by atoms with Crippen LogP contribution in [0, 0.1) is 0 Å². The maximum atomic E-state index is 10.7. The van der Waals surface area contributed by atoms with Gasteiger partial charge in [0.25, 0.3) is 0 Å². The van der Waals surface area contributed by atoms with Crippen molar-refractivity contribution in [2.24, 2.45) is 10.8 Å². The molecular formula is C14H22N4O3. The van der Waals surface area contributed by atoms with Crippen LogP contribution >= 0.6 is 0 Å². The van der Waals surface area contributed by atoms with Crippen molar-refractivity contribution < 1.29 is 14.7 Å². The van der Waals surface area contributed by atoms with Crippen LogP contribution in [0.2, 0.25) is 0 Å². The second-order valence-electron chi connectivity index (χ2n) is 4.76. The molecule has 0 saturated heterocycles. The van der Waals surface area contributed by atoms with Crippen molar-refractivity contribution in [2.75, 3.05) is 13.1 Å². The lowest BCUT2D eigenvalue weighted by molar-refractivity contribution is -0.138. The zero-order valence-corrected chi connectivity index (χ0v) is 12.3. The van der Waals surface area contributed by atoms with Gasteiger partial charge < -0.3 is 21.1 Å². The van der Waals surface area contributed by atoms with Gasteiger partial charge in [-0.2, -0.15) is 10.6 Å². The van der Waals surface area contributed by atoms with Gasteiger partial charge in [-0.15, -0.1) is 0 Å². The average molecular weight is 294 g/mol. The summed E-state index contributed by atoms with van der Waals surface area (Å²) in [4.78, 5) is 16.0. The number of benzene rings is 1. The Kier molecular flexibility index (Phi) is 7.20. The molecule has 0 aromatic heterocycles. The zero-order valence-electron chi connectivity index (χ0n) is 12.3. The number of hydrazone groups is 1. The lowest BCUT2D eigenvalue weighted by Gasteiger charge is -2.09. The number of carboxylic acid groups (broad SMARTS) is 1. The molecule has 1 aromatic rings. The molecule has 7 heteroatoms. The summed E-state index contributed by atoms with van der Waals surface area (Å²) in [6, 6.07) is 6.23. The minimum atomic E-state index is -1.01. The average Bonchev–Trinajstić information content (AvgIpc) is 2.44. The highest BCUT2D eigenvalue weighted by molar-refractivity contribution is 5.78. The molecular weight excluding hydrogens is 272 g/mol. The third-order valence-electron chi connectivity index (χ3n) is 2.53. The largest absolute Gasteiger partial charge is 0.480 e. The molecule has 0 radical (unpaired) electrons. The molecule has 1 aromatic carbocycles. The van der Waals surface area contributed by atoms with Crippen molar-refractivity contribution in [2.45, 2.75) is 26.3 Å². The maximum absolute atomic E-state index is 10.7. The Bertz CT molecular complexity index is 470. The number of aliphatic carboxylic acids is 1. The Morgan fingerprint density at radius 2 is 2.00 bits per heavy atom. The summed E-state index contributed by atoms with van der Waals surface area (Å²) < 4.78 is 0. The first kappa shape index (κ1) is 16.9. The standard InChI is InChI=1S/C14H22N4O3/c1-10(2)18-16-7-8-17-21-12-5-3-11(4-6-12)9-13(15)14(19)20/h3-6,13,16-17H,7-9,15H2,1-2H3,(H,19,20). The lowest BCUT2D eigenvalue weighted by atomic mass is 10.1. The predicted octanol–water partition coefficient (Wildman–Crippen LogP) is 0.510. The van der Waals surface area contributed by atoms with Crippen LogP contribution in [0.4, 0.5) is 0 Å². The molecule has 0 aliphatic carbocycles. The van der Waals surface area contributed by atoms with E-state index in [1.54, 1.807) is 24.3 Å². The Hall–Kier alpha value is -2.12. The number of nitrogens with zero attached hydrogens (tertiary/aromatic N) is 1. The number of hydrogen-bond acceptors (Lipinski definition) is 6. The monoisotopic (exact) mass is 294 g/mol. The zero-order chi connectivity index (χ0) is 15.7. The van der Waals surface area contributed by atoms with Crippen molar-refractivity contribution in [3.8, 4) is 5.75 Å². The van der Waals surface area contributed by atoms with Gasteiger partial charge in [-0.25, -0.2) is 0 Å². The van der Waals surface area contributed by atoms with Crippen LogP contribution in [0.3, 0.4) is 0 Å². The molecule has 1 unspecified atom stereocenters. The SMILES string of the molecule is CC(C)=NNCCNOc1ccc(CC(N)C(=O)O)cc1. The molecule has 0 saturated carbocycles. The molecule has 0 aliphatic heterocycles. The summed E-state index contributed by atoms with van der Waals surface area (Å²) in [6.07, 6.45) is 0.293. The maximum Gasteiger partial charge on any atom is 0.320 e. The van der Waals surface area contributed by atoms with E-state index >= 15 is 0 Å². The number of nitrogens with one attached hydrogen (secondary N) is 2. The number of carboxylic acids is 1. The highest BCUT2D eigenvalue weighted by Crippen LogP contribution is 2.12. The molecule has 1 atom stereocenters. The van der Waals surface area contributed by atoms with Crippen LogP contribution in [0.25, 0.3) is 0 Å². The predicted molar refractivity (Wildman–Crippen MR) is 81.2 cm³/mol. The number of nitrogens with two attached hydrogens (primary N) is 1. The van der Waals surface area contributed by atoms with Crippen LogP contribution in [0.1, 0.15) is 19.4 Å². The summed E-state index contributed by atoms with van der Waals surface area (Å²) in [5.41, 5.74) is 13.0. The van der Waals surface area contributed by atoms with Gasteiger partial charge in [-0.3, -0.25) is 4.79 Å². The van der Waals surface area contributed by atoms with Crippen molar-refractivity contribution in [3.63, 3.8) is 0 Å². The normalized spacial score (nSPS) is 11.6. The summed E-state index contributed by atoms with van der Waals surface area (Å²) in [6.45, 7) is 5.07. The van der Waals surface area contributed by atoms with Gasteiger partial charge in [0.1, 0.15) is 11.8 Å². The van der Waals surface area contributed by atoms with E-state index in [-0.39, 0.29) is 0 Å². The summed E-state index contributed by atoms with van der Waals surface area (Å²) in [5, 5.41) is 12.8. The number of carbonyl (C=O) groups is 1. The van der Waals surface area contributed by atoms with Gasteiger partial charge in [-0.1, -0.05) is 12.1 Å². The number of hydroxylamine groups is 1. The van der Waals surface area contributed by atoms with E-state index in [9.17, 15) is 4.79 Å². The van der Waals surface area contributed by atoms with Gasteiger partial charge >= 0.3 is 5.97 Å². The van der Waals surface area contributed by atoms with Gasteiger partial charge in [-0.05, 0) is 38.0 Å². The smallest absolute Gasteiger partial charge is 0.320 e. The summed E-state index contributed by atoms with van der Waals surface area (Å²) >= 11 is 0. The highest BCUT2D eigenvalue weighted by atomic mass is 16.6. The highest BCUT2D eigenvalue weighted by Gasteiger charge is 2.11. The van der Waals surface area contributed by atoms with Crippen molar-refractivity contribution in [3.05, 3.63) is 29.8 Å². The Balaban J connectivity index is 2.28. The third-order valence-corrected chi connectivity index (χ3v) is 2.53.